The minimum atomic E-state index is -0.879. The van der Waals surface area contributed by atoms with Crippen molar-refractivity contribution in [3.8, 4) is 0 Å². The Morgan fingerprint density at radius 2 is 1.79 bits per heavy atom. The second-order valence-electron chi connectivity index (χ2n) is 9.21. The average molecular weight is 405 g/mol. The fraction of sp³-hybridized carbons (Fsp3) is 0.800. The minimum absolute atomic E-state index is 0.343. The molecule has 4 nitrogen and oxygen atoms in total. The summed E-state index contributed by atoms with van der Waals surface area (Å²) in [4.78, 5) is 11.5. The summed E-state index contributed by atoms with van der Waals surface area (Å²) in [6, 6.07) is 0. The van der Waals surface area contributed by atoms with Gasteiger partial charge in [-0.25, -0.2) is 4.79 Å². The van der Waals surface area contributed by atoms with Gasteiger partial charge in [0.15, 0.2) is 12.4 Å². The lowest BCUT2D eigenvalue weighted by atomic mass is 9.91. The van der Waals surface area contributed by atoms with Gasteiger partial charge >= 0.3 is 5.97 Å². The van der Waals surface area contributed by atoms with Crippen molar-refractivity contribution in [2.24, 2.45) is 17.8 Å². The van der Waals surface area contributed by atoms with E-state index in [9.17, 15) is 9.90 Å². The van der Waals surface area contributed by atoms with Crippen molar-refractivity contribution in [2.75, 3.05) is 6.61 Å². The number of aliphatic carboxylic acids is 1. The summed E-state index contributed by atoms with van der Waals surface area (Å²) in [7, 11) is 0. The molecule has 0 spiro atoms. The highest BCUT2D eigenvalue weighted by atomic mass is 16.7. The Morgan fingerprint density at radius 3 is 2.55 bits per heavy atom. The van der Waals surface area contributed by atoms with E-state index in [2.05, 4.69) is 24.3 Å². The number of hydrogen-bond acceptors (Lipinski definition) is 3. The number of allylic oxidation sites excluding steroid dienone is 4. The average Bonchev–Trinajstić information content (AvgIpc) is 3.40. The molecule has 4 heteroatoms. The molecule has 2 saturated carbocycles. The molecule has 0 radical (unpaired) electrons. The monoisotopic (exact) mass is 404 g/mol. The van der Waals surface area contributed by atoms with E-state index in [-0.39, 0.29) is 6.29 Å². The molecule has 3 aliphatic rings. The molecule has 1 aliphatic heterocycles. The van der Waals surface area contributed by atoms with Gasteiger partial charge in [0.25, 0.3) is 0 Å². The first-order valence-electron chi connectivity index (χ1n) is 12.0. The van der Waals surface area contributed by atoms with Gasteiger partial charge in [-0.15, -0.1) is 0 Å². The molecule has 29 heavy (non-hydrogen) atoms. The van der Waals surface area contributed by atoms with Crippen LogP contribution in [0.15, 0.2) is 24.3 Å². The molecule has 1 heterocycles. The van der Waals surface area contributed by atoms with Crippen molar-refractivity contribution in [1.82, 2.24) is 0 Å². The SMILES string of the molecule is O=C(O)C(CCC=CC[C@H]1CCC[C@@H]1C=CCC1CCCC1)OC1CCCCO1. The normalized spacial score (nSPS) is 29.9. The molecule has 3 fully saturated rings. The second kappa shape index (κ2) is 12.5. The predicted molar refractivity (Wildman–Crippen MR) is 116 cm³/mol. The standard InChI is InChI=1S/C25H40O4/c26-25(27)23(29-24-18-6-7-19-28-24)17-3-1-2-13-21-15-9-16-22(21)14-8-12-20-10-4-5-11-20/h1-2,8,14,20-24H,3-7,9-13,15-19H2,(H,26,27)/t21-,22-,23?,24?/m0/s1. The molecule has 0 aromatic rings. The fourth-order valence-electron chi connectivity index (χ4n) is 5.19. The molecule has 0 amide bonds. The molecule has 2 unspecified atom stereocenters. The third kappa shape index (κ3) is 7.90. The first-order valence-corrected chi connectivity index (χ1v) is 12.0. The predicted octanol–water partition coefficient (Wildman–Crippen LogP) is 6.26. The van der Waals surface area contributed by atoms with Gasteiger partial charge < -0.3 is 14.6 Å². The van der Waals surface area contributed by atoms with E-state index in [1.807, 2.05) is 0 Å². The summed E-state index contributed by atoms with van der Waals surface area (Å²) in [6.45, 7) is 0.675. The Kier molecular flexibility index (Phi) is 9.75. The van der Waals surface area contributed by atoms with Crippen molar-refractivity contribution in [2.45, 2.75) is 102 Å². The highest BCUT2D eigenvalue weighted by molar-refractivity contribution is 5.72. The van der Waals surface area contributed by atoms with Crippen LogP contribution in [0.3, 0.4) is 0 Å². The highest BCUT2D eigenvalue weighted by Crippen LogP contribution is 2.36. The van der Waals surface area contributed by atoms with Crippen molar-refractivity contribution < 1.29 is 19.4 Å². The summed E-state index contributed by atoms with van der Waals surface area (Å²) in [5.74, 6) is 1.55. The summed E-state index contributed by atoms with van der Waals surface area (Å²) in [5, 5.41) is 9.42. The molecule has 164 valence electrons. The molecule has 2 aliphatic carbocycles. The van der Waals surface area contributed by atoms with Crippen LogP contribution in [0.5, 0.6) is 0 Å². The van der Waals surface area contributed by atoms with Crippen LogP contribution in [0.2, 0.25) is 0 Å². The molecule has 0 bridgehead atoms. The lowest BCUT2D eigenvalue weighted by molar-refractivity contribution is -0.201. The molecule has 1 N–H and O–H groups in total. The van der Waals surface area contributed by atoms with E-state index in [0.717, 1.165) is 49.9 Å². The minimum Gasteiger partial charge on any atom is -0.479 e. The Morgan fingerprint density at radius 1 is 0.966 bits per heavy atom. The van der Waals surface area contributed by atoms with Crippen LogP contribution in [-0.4, -0.2) is 30.1 Å². The van der Waals surface area contributed by atoms with Crippen LogP contribution in [0.4, 0.5) is 0 Å². The first-order chi connectivity index (χ1) is 14.2. The third-order valence-electron chi connectivity index (χ3n) is 6.98. The number of carboxylic acid groups (broad SMARTS) is 1. The Hall–Kier alpha value is -1.13. The maximum Gasteiger partial charge on any atom is 0.332 e. The maximum absolute atomic E-state index is 11.5. The lowest BCUT2D eigenvalue weighted by Crippen LogP contribution is -2.32. The number of rotatable bonds is 11. The quantitative estimate of drug-likeness (QED) is 0.413. The summed E-state index contributed by atoms with van der Waals surface area (Å²) in [5.41, 5.74) is 0. The largest absolute Gasteiger partial charge is 0.479 e. The molecule has 3 rings (SSSR count). The molecular formula is C25H40O4. The van der Waals surface area contributed by atoms with E-state index in [4.69, 9.17) is 9.47 Å². The van der Waals surface area contributed by atoms with Crippen molar-refractivity contribution in [3.63, 3.8) is 0 Å². The zero-order valence-corrected chi connectivity index (χ0v) is 18.0. The Balaban J connectivity index is 1.34. The number of carboxylic acids is 1. The van der Waals surface area contributed by atoms with E-state index >= 15 is 0 Å². The van der Waals surface area contributed by atoms with Gasteiger partial charge in [0.2, 0.25) is 0 Å². The topological polar surface area (TPSA) is 55.8 Å². The van der Waals surface area contributed by atoms with E-state index in [1.54, 1.807) is 0 Å². The zero-order chi connectivity index (χ0) is 20.3. The van der Waals surface area contributed by atoms with E-state index < -0.39 is 12.1 Å². The Bertz CT molecular complexity index is 529. The van der Waals surface area contributed by atoms with Crippen LogP contribution >= 0.6 is 0 Å². The smallest absolute Gasteiger partial charge is 0.332 e. The zero-order valence-electron chi connectivity index (χ0n) is 18.0. The molecule has 4 atom stereocenters. The summed E-state index contributed by atoms with van der Waals surface area (Å²) in [6.07, 6.45) is 24.5. The molecule has 0 aromatic heterocycles. The van der Waals surface area contributed by atoms with E-state index in [0.29, 0.717) is 13.0 Å². The van der Waals surface area contributed by atoms with Crippen LogP contribution < -0.4 is 0 Å². The van der Waals surface area contributed by atoms with Crippen LogP contribution in [0.1, 0.15) is 89.9 Å². The van der Waals surface area contributed by atoms with Gasteiger partial charge in [-0.2, -0.15) is 0 Å². The molecular weight excluding hydrogens is 364 g/mol. The van der Waals surface area contributed by atoms with Gasteiger partial charge in [-0.1, -0.05) is 56.4 Å². The van der Waals surface area contributed by atoms with Gasteiger partial charge in [0.05, 0.1) is 0 Å². The number of hydrogen-bond donors (Lipinski definition) is 1. The van der Waals surface area contributed by atoms with Gasteiger partial charge in [0, 0.05) is 6.61 Å². The molecule has 0 aromatic carbocycles. The highest BCUT2D eigenvalue weighted by Gasteiger charge is 2.25. The van der Waals surface area contributed by atoms with Crippen LogP contribution in [0.25, 0.3) is 0 Å². The van der Waals surface area contributed by atoms with Crippen LogP contribution in [0, 0.1) is 17.8 Å². The van der Waals surface area contributed by atoms with Crippen molar-refractivity contribution in [1.29, 1.82) is 0 Å². The first kappa shape index (κ1) is 22.6. The van der Waals surface area contributed by atoms with Gasteiger partial charge in [-0.05, 0) is 75.5 Å². The number of ether oxygens (including phenoxy) is 2. The summed E-state index contributed by atoms with van der Waals surface area (Å²) >= 11 is 0. The van der Waals surface area contributed by atoms with Crippen molar-refractivity contribution >= 4 is 5.97 Å². The van der Waals surface area contributed by atoms with Gasteiger partial charge in [0.1, 0.15) is 0 Å². The maximum atomic E-state index is 11.5. The second-order valence-corrected chi connectivity index (χ2v) is 9.21. The number of carbonyl (C=O) groups is 1. The third-order valence-corrected chi connectivity index (χ3v) is 6.98. The van der Waals surface area contributed by atoms with Gasteiger partial charge in [-0.3, -0.25) is 0 Å². The molecule has 1 saturated heterocycles. The Labute approximate surface area is 176 Å². The van der Waals surface area contributed by atoms with Crippen molar-refractivity contribution in [3.05, 3.63) is 24.3 Å². The van der Waals surface area contributed by atoms with E-state index in [1.165, 1.54) is 51.4 Å². The lowest BCUT2D eigenvalue weighted by Gasteiger charge is -2.25. The summed E-state index contributed by atoms with van der Waals surface area (Å²) < 4.78 is 11.2. The fourth-order valence-corrected chi connectivity index (χ4v) is 5.19. The van der Waals surface area contributed by atoms with Crippen LogP contribution in [-0.2, 0) is 14.3 Å².